The second-order valence-corrected chi connectivity index (χ2v) is 5.08. The molecule has 0 aromatic carbocycles. The van der Waals surface area contributed by atoms with Crippen molar-refractivity contribution in [2.24, 2.45) is 0 Å². The molecule has 3 heterocycles. The number of hydrogen-bond donors (Lipinski definition) is 0. The number of nitriles is 1. The van der Waals surface area contributed by atoms with Gasteiger partial charge in [-0.05, 0) is 24.3 Å². The second-order valence-electron chi connectivity index (χ2n) is 5.08. The summed E-state index contributed by atoms with van der Waals surface area (Å²) in [5.74, 6) is 0.895. The molecule has 1 saturated heterocycles. The van der Waals surface area contributed by atoms with E-state index in [0.717, 1.165) is 44.2 Å². The molecule has 5 heteroatoms. The molecule has 21 heavy (non-hydrogen) atoms. The third-order valence-electron chi connectivity index (χ3n) is 3.66. The number of hydrogen-bond acceptors (Lipinski definition) is 5. The van der Waals surface area contributed by atoms with Gasteiger partial charge < -0.3 is 4.90 Å². The van der Waals surface area contributed by atoms with E-state index in [-0.39, 0.29) is 0 Å². The highest BCUT2D eigenvalue weighted by Gasteiger charge is 2.18. The summed E-state index contributed by atoms with van der Waals surface area (Å²) in [5, 5.41) is 8.92. The predicted molar refractivity (Wildman–Crippen MR) is 80.7 cm³/mol. The summed E-state index contributed by atoms with van der Waals surface area (Å²) in [4.78, 5) is 13.4. The van der Waals surface area contributed by atoms with Crippen LogP contribution < -0.4 is 4.90 Å². The number of anilines is 1. The number of piperazine rings is 1. The second kappa shape index (κ2) is 6.33. The van der Waals surface area contributed by atoms with Gasteiger partial charge in [0.15, 0.2) is 0 Å². The van der Waals surface area contributed by atoms with E-state index >= 15 is 0 Å². The molecule has 0 spiro atoms. The highest BCUT2D eigenvalue weighted by atomic mass is 15.3. The minimum Gasteiger partial charge on any atom is -0.354 e. The van der Waals surface area contributed by atoms with Crippen molar-refractivity contribution in [1.82, 2.24) is 14.9 Å². The van der Waals surface area contributed by atoms with Crippen LogP contribution in [0.2, 0.25) is 0 Å². The van der Waals surface area contributed by atoms with Crippen LogP contribution in [0, 0.1) is 11.3 Å². The van der Waals surface area contributed by atoms with Crippen LogP contribution in [0.3, 0.4) is 0 Å². The van der Waals surface area contributed by atoms with E-state index in [9.17, 15) is 0 Å². The molecular weight excluding hydrogens is 262 g/mol. The summed E-state index contributed by atoms with van der Waals surface area (Å²) < 4.78 is 0. The molecule has 2 aromatic rings. The smallest absolute Gasteiger partial charge is 0.142 e. The van der Waals surface area contributed by atoms with Gasteiger partial charge >= 0.3 is 0 Å². The van der Waals surface area contributed by atoms with E-state index in [2.05, 4.69) is 31.9 Å². The van der Waals surface area contributed by atoms with Crippen LogP contribution in [0.1, 0.15) is 11.4 Å². The van der Waals surface area contributed by atoms with E-state index in [0.29, 0.717) is 5.69 Å². The first-order valence-corrected chi connectivity index (χ1v) is 7.09. The van der Waals surface area contributed by atoms with Gasteiger partial charge in [-0.1, -0.05) is 12.1 Å². The molecular formula is C16H17N5. The summed E-state index contributed by atoms with van der Waals surface area (Å²) in [6, 6.07) is 13.7. The van der Waals surface area contributed by atoms with Crippen molar-refractivity contribution in [3.63, 3.8) is 0 Å². The fraction of sp³-hybridized carbons (Fsp3) is 0.312. The first-order valence-electron chi connectivity index (χ1n) is 7.09. The van der Waals surface area contributed by atoms with Crippen LogP contribution in [0.5, 0.6) is 0 Å². The molecule has 106 valence electrons. The van der Waals surface area contributed by atoms with Gasteiger partial charge in [0.1, 0.15) is 17.6 Å². The average molecular weight is 279 g/mol. The lowest BCUT2D eigenvalue weighted by atomic mass is 10.2. The average Bonchev–Trinajstić information content (AvgIpc) is 2.56. The number of rotatable bonds is 3. The third kappa shape index (κ3) is 3.36. The quantitative estimate of drug-likeness (QED) is 0.855. The van der Waals surface area contributed by atoms with Crippen LogP contribution in [0.15, 0.2) is 42.6 Å². The molecule has 3 rings (SSSR count). The molecule has 0 atom stereocenters. The summed E-state index contributed by atoms with van der Waals surface area (Å²) in [5.41, 5.74) is 1.58. The van der Waals surface area contributed by atoms with Gasteiger partial charge in [-0.3, -0.25) is 9.88 Å². The summed E-state index contributed by atoms with van der Waals surface area (Å²) in [6.45, 7) is 4.70. The van der Waals surface area contributed by atoms with E-state index in [1.54, 1.807) is 6.07 Å². The Bertz CT molecular complexity index is 627. The molecule has 1 fully saturated rings. The molecule has 2 aromatic heterocycles. The number of pyridine rings is 2. The zero-order chi connectivity index (χ0) is 14.5. The van der Waals surface area contributed by atoms with Crippen molar-refractivity contribution in [3.8, 4) is 6.07 Å². The van der Waals surface area contributed by atoms with E-state index in [1.807, 2.05) is 30.5 Å². The van der Waals surface area contributed by atoms with Crippen LogP contribution in [0.4, 0.5) is 5.82 Å². The molecule has 0 saturated carbocycles. The zero-order valence-electron chi connectivity index (χ0n) is 11.8. The Morgan fingerprint density at radius 1 is 1.05 bits per heavy atom. The van der Waals surface area contributed by atoms with Crippen LogP contribution in [-0.2, 0) is 6.54 Å². The highest BCUT2D eigenvalue weighted by Crippen LogP contribution is 2.15. The Kier molecular flexibility index (Phi) is 4.08. The standard InChI is InChI=1S/C16H17N5/c17-12-14-5-3-6-16(19-14)21-10-8-20(9-11-21)13-15-4-1-2-7-18-15/h1-7H,8-11,13H2. The van der Waals surface area contributed by atoms with Gasteiger partial charge in [0, 0.05) is 38.9 Å². The van der Waals surface area contributed by atoms with Gasteiger partial charge in [-0.2, -0.15) is 5.26 Å². The lowest BCUT2D eigenvalue weighted by molar-refractivity contribution is 0.246. The Labute approximate surface area is 124 Å². The minimum atomic E-state index is 0.475. The maximum atomic E-state index is 8.92. The Morgan fingerprint density at radius 2 is 1.90 bits per heavy atom. The largest absolute Gasteiger partial charge is 0.354 e. The highest BCUT2D eigenvalue weighted by molar-refractivity contribution is 5.42. The van der Waals surface area contributed by atoms with Crippen molar-refractivity contribution in [2.75, 3.05) is 31.1 Å². The normalized spacial score (nSPS) is 15.7. The maximum absolute atomic E-state index is 8.92. The van der Waals surface area contributed by atoms with Crippen LogP contribution in [0.25, 0.3) is 0 Å². The SMILES string of the molecule is N#Cc1cccc(N2CCN(Cc3ccccn3)CC2)n1. The topological polar surface area (TPSA) is 56.1 Å². The lowest BCUT2D eigenvalue weighted by Gasteiger charge is -2.35. The predicted octanol–water partition coefficient (Wildman–Crippen LogP) is 1.67. The van der Waals surface area contributed by atoms with Gasteiger partial charge in [-0.15, -0.1) is 0 Å². The summed E-state index contributed by atoms with van der Waals surface area (Å²) in [6.07, 6.45) is 1.84. The Morgan fingerprint density at radius 3 is 2.62 bits per heavy atom. The van der Waals surface area contributed by atoms with E-state index < -0.39 is 0 Å². The molecule has 1 aliphatic rings. The lowest BCUT2D eigenvalue weighted by Crippen LogP contribution is -2.46. The number of nitrogens with zero attached hydrogens (tertiary/aromatic N) is 5. The minimum absolute atomic E-state index is 0.475. The van der Waals surface area contributed by atoms with Crippen molar-refractivity contribution < 1.29 is 0 Å². The fourth-order valence-electron chi connectivity index (χ4n) is 2.52. The van der Waals surface area contributed by atoms with Crippen molar-refractivity contribution in [3.05, 3.63) is 54.0 Å². The monoisotopic (exact) mass is 279 g/mol. The summed E-state index contributed by atoms with van der Waals surface area (Å²) >= 11 is 0. The number of aromatic nitrogens is 2. The van der Waals surface area contributed by atoms with Gasteiger partial charge in [0.2, 0.25) is 0 Å². The van der Waals surface area contributed by atoms with Gasteiger partial charge in [0.25, 0.3) is 0 Å². The zero-order valence-corrected chi connectivity index (χ0v) is 11.8. The molecule has 0 amide bonds. The molecule has 0 bridgehead atoms. The van der Waals surface area contributed by atoms with E-state index in [1.165, 1.54) is 0 Å². The van der Waals surface area contributed by atoms with Gasteiger partial charge in [0.05, 0.1) is 5.69 Å². The first-order chi connectivity index (χ1) is 10.3. The first kappa shape index (κ1) is 13.5. The Hall–Kier alpha value is -2.45. The third-order valence-corrected chi connectivity index (χ3v) is 3.66. The van der Waals surface area contributed by atoms with Crippen molar-refractivity contribution >= 4 is 5.82 Å². The molecule has 0 N–H and O–H groups in total. The molecule has 0 unspecified atom stereocenters. The Balaban J connectivity index is 1.59. The molecule has 0 aliphatic carbocycles. The van der Waals surface area contributed by atoms with Crippen LogP contribution in [-0.4, -0.2) is 41.0 Å². The van der Waals surface area contributed by atoms with Crippen molar-refractivity contribution in [2.45, 2.75) is 6.54 Å². The molecule has 5 nitrogen and oxygen atoms in total. The fourth-order valence-corrected chi connectivity index (χ4v) is 2.52. The molecule has 0 radical (unpaired) electrons. The maximum Gasteiger partial charge on any atom is 0.142 e. The van der Waals surface area contributed by atoms with Crippen LogP contribution >= 0.6 is 0 Å². The van der Waals surface area contributed by atoms with Gasteiger partial charge in [-0.25, -0.2) is 4.98 Å². The van der Waals surface area contributed by atoms with Crippen molar-refractivity contribution in [1.29, 1.82) is 5.26 Å². The molecule has 1 aliphatic heterocycles. The van der Waals surface area contributed by atoms with E-state index in [4.69, 9.17) is 5.26 Å². The summed E-state index contributed by atoms with van der Waals surface area (Å²) in [7, 11) is 0.